The van der Waals surface area contributed by atoms with Crippen molar-refractivity contribution in [2.45, 2.75) is 20.4 Å². The third-order valence-electron chi connectivity index (χ3n) is 4.40. The van der Waals surface area contributed by atoms with Gasteiger partial charge in [0.05, 0.1) is 22.3 Å². The van der Waals surface area contributed by atoms with Gasteiger partial charge >= 0.3 is 0 Å². The van der Waals surface area contributed by atoms with Crippen LogP contribution in [0.5, 0.6) is 0 Å². The zero-order chi connectivity index (χ0) is 19.1. The third-order valence-corrected chi connectivity index (χ3v) is 5.05. The molecule has 0 unspecified atom stereocenters. The minimum Gasteiger partial charge on any atom is -0.324 e. The van der Waals surface area contributed by atoms with E-state index < -0.39 is 0 Å². The van der Waals surface area contributed by atoms with Crippen LogP contribution in [0.15, 0.2) is 57.8 Å². The highest BCUT2D eigenvalue weighted by Gasteiger charge is 2.15. The van der Waals surface area contributed by atoms with Crippen LogP contribution < -0.4 is 10.9 Å². The smallest absolute Gasteiger partial charge is 0.262 e. The fourth-order valence-corrected chi connectivity index (χ4v) is 3.74. The first kappa shape index (κ1) is 17.5. The van der Waals surface area contributed by atoms with Crippen molar-refractivity contribution in [3.63, 3.8) is 0 Å². The Balaban J connectivity index is 1.77. The first-order chi connectivity index (χ1) is 12.9. The van der Waals surface area contributed by atoms with Gasteiger partial charge < -0.3 is 5.32 Å². The maximum Gasteiger partial charge on any atom is 0.262 e. The molecule has 27 heavy (non-hydrogen) atoms. The van der Waals surface area contributed by atoms with Crippen molar-refractivity contribution >= 4 is 44.1 Å². The summed E-state index contributed by atoms with van der Waals surface area (Å²) in [5.74, 6) is -0.280. The number of rotatable bonds is 3. The number of fused-ring (bicyclic) bond motifs is 3. The summed E-state index contributed by atoms with van der Waals surface area (Å²) < 4.78 is 3.97. The van der Waals surface area contributed by atoms with E-state index >= 15 is 0 Å². The Bertz CT molecular complexity index is 1260. The zero-order valence-electron chi connectivity index (χ0n) is 14.9. The number of hydrogen-bond donors (Lipinski definition) is 1. The van der Waals surface area contributed by atoms with Crippen LogP contribution in [0.4, 0.5) is 5.69 Å². The van der Waals surface area contributed by atoms with Crippen LogP contribution in [0.2, 0.25) is 0 Å². The van der Waals surface area contributed by atoms with E-state index in [2.05, 4.69) is 26.3 Å². The van der Waals surface area contributed by atoms with E-state index in [1.807, 2.05) is 50.2 Å². The van der Waals surface area contributed by atoms with E-state index in [4.69, 9.17) is 0 Å². The second-order valence-electron chi connectivity index (χ2n) is 6.50. The molecular weight excluding hydrogens is 408 g/mol. The fourth-order valence-electron chi connectivity index (χ4n) is 3.15. The molecule has 0 saturated heterocycles. The molecule has 7 heteroatoms. The van der Waals surface area contributed by atoms with E-state index in [0.29, 0.717) is 16.7 Å². The van der Waals surface area contributed by atoms with Crippen molar-refractivity contribution in [3.8, 4) is 0 Å². The van der Waals surface area contributed by atoms with Crippen molar-refractivity contribution in [1.29, 1.82) is 0 Å². The molecule has 136 valence electrons. The first-order valence-corrected chi connectivity index (χ1v) is 9.27. The monoisotopic (exact) mass is 424 g/mol. The topological polar surface area (TPSA) is 68.4 Å². The van der Waals surface area contributed by atoms with Gasteiger partial charge in [0.15, 0.2) is 0 Å². The Labute approximate surface area is 163 Å². The van der Waals surface area contributed by atoms with Crippen LogP contribution in [0.3, 0.4) is 0 Å². The normalized spacial score (nSPS) is 11.2. The predicted molar refractivity (Wildman–Crippen MR) is 109 cm³/mol. The lowest BCUT2D eigenvalue weighted by Crippen LogP contribution is -2.29. The van der Waals surface area contributed by atoms with E-state index in [1.165, 1.54) is 4.57 Å². The van der Waals surface area contributed by atoms with Crippen LogP contribution >= 0.6 is 15.9 Å². The molecule has 4 rings (SSSR count). The number of nitrogens with one attached hydrogen (secondary N) is 1. The van der Waals surface area contributed by atoms with Crippen molar-refractivity contribution in [3.05, 3.63) is 74.6 Å². The van der Waals surface area contributed by atoms with Crippen molar-refractivity contribution < 1.29 is 4.79 Å². The molecule has 0 spiro atoms. The number of hydrogen-bond acceptors (Lipinski definition) is 3. The largest absolute Gasteiger partial charge is 0.324 e. The number of aromatic nitrogens is 3. The van der Waals surface area contributed by atoms with Gasteiger partial charge in [-0.1, -0.05) is 18.2 Å². The number of carbonyl (C=O) groups excluding carboxylic acids is 1. The predicted octanol–water partition coefficient (Wildman–Crippen LogP) is 3.67. The Morgan fingerprint density at radius 1 is 1.15 bits per heavy atom. The summed E-state index contributed by atoms with van der Waals surface area (Å²) >= 11 is 3.45. The Morgan fingerprint density at radius 2 is 1.93 bits per heavy atom. The number of carbonyl (C=O) groups is 1. The lowest BCUT2D eigenvalue weighted by molar-refractivity contribution is -0.116. The molecule has 2 aromatic heterocycles. The number of benzene rings is 2. The number of anilines is 1. The van der Waals surface area contributed by atoms with E-state index in [1.54, 1.807) is 16.6 Å². The number of halogens is 1. The molecule has 2 aromatic carbocycles. The van der Waals surface area contributed by atoms with Gasteiger partial charge in [0.1, 0.15) is 12.2 Å². The molecule has 0 bridgehead atoms. The highest BCUT2D eigenvalue weighted by atomic mass is 79.9. The molecule has 0 saturated carbocycles. The van der Waals surface area contributed by atoms with Gasteiger partial charge in [0.25, 0.3) is 5.56 Å². The van der Waals surface area contributed by atoms with Crippen molar-refractivity contribution in [1.82, 2.24) is 14.2 Å². The highest BCUT2D eigenvalue weighted by Crippen LogP contribution is 2.23. The average molecular weight is 425 g/mol. The first-order valence-electron chi connectivity index (χ1n) is 8.48. The van der Waals surface area contributed by atoms with Gasteiger partial charge in [-0.25, -0.2) is 4.52 Å². The van der Waals surface area contributed by atoms with Gasteiger partial charge in [0, 0.05) is 10.5 Å². The molecule has 1 N–H and O–H groups in total. The Morgan fingerprint density at radius 3 is 2.70 bits per heavy atom. The van der Waals surface area contributed by atoms with Gasteiger partial charge in [-0.05, 0) is 59.6 Å². The molecule has 0 aliphatic heterocycles. The van der Waals surface area contributed by atoms with Crippen molar-refractivity contribution in [2.24, 2.45) is 0 Å². The quantitative estimate of drug-likeness (QED) is 0.545. The molecule has 0 fully saturated rings. The van der Waals surface area contributed by atoms with Gasteiger partial charge in [0.2, 0.25) is 5.91 Å². The molecule has 4 aromatic rings. The van der Waals surface area contributed by atoms with Gasteiger partial charge in [-0.15, -0.1) is 0 Å². The number of para-hydroxylation sites is 1. The minimum atomic E-state index is -0.280. The highest BCUT2D eigenvalue weighted by molar-refractivity contribution is 9.10. The van der Waals surface area contributed by atoms with Crippen molar-refractivity contribution in [2.75, 3.05) is 5.32 Å². The molecule has 6 nitrogen and oxygen atoms in total. The zero-order valence-corrected chi connectivity index (χ0v) is 16.4. The van der Waals surface area contributed by atoms with Crippen LogP contribution in [0.1, 0.15) is 11.3 Å². The summed E-state index contributed by atoms with van der Waals surface area (Å²) in [5.41, 5.74) is 3.64. The molecule has 0 radical (unpaired) electrons. The third kappa shape index (κ3) is 3.14. The SMILES string of the molecule is Cc1ccc(NC(=O)Cn2c(=O)c3ccccc3n3nc(C)cc23)c(Br)c1. The van der Waals surface area contributed by atoms with Crippen LogP contribution in [-0.2, 0) is 11.3 Å². The summed E-state index contributed by atoms with van der Waals surface area (Å²) in [7, 11) is 0. The number of nitrogens with zero attached hydrogens (tertiary/aromatic N) is 3. The maximum atomic E-state index is 13.0. The summed E-state index contributed by atoms with van der Waals surface area (Å²) in [6.07, 6.45) is 0. The lowest BCUT2D eigenvalue weighted by Gasteiger charge is -2.12. The molecule has 0 atom stereocenters. The van der Waals surface area contributed by atoms with E-state index in [9.17, 15) is 9.59 Å². The standard InChI is InChI=1S/C20H17BrN4O2/c1-12-7-8-16(15(21)9-12)22-18(26)11-24-19-10-13(2)23-25(19)17-6-4-3-5-14(17)20(24)27/h3-10H,11H2,1-2H3,(H,22,26). The Kier molecular flexibility index (Phi) is 4.31. The van der Waals surface area contributed by atoms with Crippen LogP contribution in [0.25, 0.3) is 16.6 Å². The number of amides is 1. The molecular formula is C20H17BrN4O2. The fraction of sp³-hybridized carbons (Fsp3) is 0.150. The average Bonchev–Trinajstić information content (AvgIpc) is 3.03. The Hall–Kier alpha value is -2.93. The molecule has 2 heterocycles. The number of aryl methyl sites for hydroxylation is 2. The summed E-state index contributed by atoms with van der Waals surface area (Å²) in [6, 6.07) is 14.8. The maximum absolute atomic E-state index is 13.0. The summed E-state index contributed by atoms with van der Waals surface area (Å²) in [5, 5.41) is 7.86. The lowest BCUT2D eigenvalue weighted by atomic mass is 10.2. The van der Waals surface area contributed by atoms with Crippen LogP contribution in [0, 0.1) is 13.8 Å². The van der Waals surface area contributed by atoms with E-state index in [-0.39, 0.29) is 18.0 Å². The van der Waals surface area contributed by atoms with Crippen LogP contribution in [-0.4, -0.2) is 20.1 Å². The summed E-state index contributed by atoms with van der Waals surface area (Å²) in [6.45, 7) is 3.74. The molecule has 1 amide bonds. The molecule has 0 aliphatic rings. The second-order valence-corrected chi connectivity index (χ2v) is 7.35. The van der Waals surface area contributed by atoms with Gasteiger partial charge in [-0.3, -0.25) is 14.2 Å². The van der Waals surface area contributed by atoms with Gasteiger partial charge in [-0.2, -0.15) is 5.10 Å². The van der Waals surface area contributed by atoms with E-state index in [0.717, 1.165) is 21.2 Å². The molecule has 0 aliphatic carbocycles. The second kappa shape index (κ2) is 6.66. The summed E-state index contributed by atoms with van der Waals surface area (Å²) in [4.78, 5) is 25.6. The minimum absolute atomic E-state index is 0.0986.